The number of benzene rings is 2. The number of rotatable bonds is 7. The average Bonchev–Trinajstić information content (AvgIpc) is 3.08. The minimum absolute atomic E-state index is 0.131. The first-order valence-corrected chi connectivity index (χ1v) is 11.6. The van der Waals surface area contributed by atoms with E-state index in [1.165, 1.54) is 5.56 Å². The standard InChI is InChI=1S/C27H31NO5/c1-17(2)18-7-9-19(10-8-18)24-23(26(30)27(31)28(24)13-5-14-32-3)25(29)21-11-12-22-20(16-21)6-4-15-33-22/h7-12,16-17,24,29H,4-6,13-15H2,1-3H3/b25-23-. The Labute approximate surface area is 194 Å². The SMILES string of the molecule is COCCCN1C(=O)C(=O)/C(=C(\O)c2ccc3c(c2)CCCO3)C1c1ccc(C(C)C)cc1. The molecule has 0 radical (unpaired) electrons. The van der Waals surface area contributed by atoms with Gasteiger partial charge in [0.15, 0.2) is 0 Å². The van der Waals surface area contributed by atoms with Crippen LogP contribution in [0, 0.1) is 0 Å². The maximum Gasteiger partial charge on any atom is 0.295 e. The molecule has 1 atom stereocenters. The number of ketones is 1. The molecule has 0 aliphatic carbocycles. The van der Waals surface area contributed by atoms with Crippen LogP contribution in [-0.2, 0) is 20.7 Å². The highest BCUT2D eigenvalue weighted by Crippen LogP contribution is 2.40. The number of amides is 1. The lowest BCUT2D eigenvalue weighted by Crippen LogP contribution is -2.31. The van der Waals surface area contributed by atoms with Crippen LogP contribution in [-0.4, -0.2) is 48.6 Å². The topological polar surface area (TPSA) is 76.1 Å². The number of aryl methyl sites for hydroxylation is 1. The zero-order valence-corrected chi connectivity index (χ0v) is 19.5. The van der Waals surface area contributed by atoms with Crippen LogP contribution in [0.5, 0.6) is 5.75 Å². The molecule has 1 saturated heterocycles. The highest BCUT2D eigenvalue weighted by atomic mass is 16.5. The maximum absolute atomic E-state index is 13.1. The number of nitrogens with zero attached hydrogens (tertiary/aromatic N) is 1. The van der Waals surface area contributed by atoms with E-state index in [-0.39, 0.29) is 11.3 Å². The maximum atomic E-state index is 13.1. The largest absolute Gasteiger partial charge is 0.507 e. The molecule has 2 aromatic carbocycles. The van der Waals surface area contributed by atoms with Crippen molar-refractivity contribution in [3.63, 3.8) is 0 Å². The van der Waals surface area contributed by atoms with E-state index < -0.39 is 17.7 Å². The molecule has 0 bridgehead atoms. The molecule has 2 aliphatic rings. The second kappa shape index (κ2) is 9.79. The molecule has 2 aromatic rings. The van der Waals surface area contributed by atoms with Gasteiger partial charge in [-0.25, -0.2) is 0 Å². The van der Waals surface area contributed by atoms with Crippen molar-refractivity contribution >= 4 is 17.4 Å². The molecule has 2 heterocycles. The quantitative estimate of drug-likeness (QED) is 0.290. The van der Waals surface area contributed by atoms with Gasteiger partial charge in [-0.15, -0.1) is 0 Å². The molecule has 2 aliphatic heterocycles. The van der Waals surface area contributed by atoms with E-state index in [0.717, 1.165) is 29.7 Å². The van der Waals surface area contributed by atoms with Gasteiger partial charge in [-0.3, -0.25) is 9.59 Å². The van der Waals surface area contributed by atoms with Crippen molar-refractivity contribution in [1.82, 2.24) is 4.90 Å². The Hall–Kier alpha value is -3.12. The van der Waals surface area contributed by atoms with Gasteiger partial charge in [-0.2, -0.15) is 0 Å². The first-order valence-electron chi connectivity index (χ1n) is 11.6. The summed E-state index contributed by atoms with van der Waals surface area (Å²) in [5.74, 6) is -0.221. The Morgan fingerprint density at radius 1 is 1.18 bits per heavy atom. The van der Waals surface area contributed by atoms with Gasteiger partial charge in [-0.1, -0.05) is 38.1 Å². The van der Waals surface area contributed by atoms with E-state index in [9.17, 15) is 14.7 Å². The van der Waals surface area contributed by atoms with Crippen molar-refractivity contribution in [2.75, 3.05) is 26.9 Å². The highest BCUT2D eigenvalue weighted by Gasteiger charge is 2.45. The fourth-order valence-corrected chi connectivity index (χ4v) is 4.56. The Morgan fingerprint density at radius 3 is 2.64 bits per heavy atom. The second-order valence-corrected chi connectivity index (χ2v) is 8.93. The van der Waals surface area contributed by atoms with Gasteiger partial charge >= 0.3 is 0 Å². The Bertz CT molecular complexity index is 1070. The van der Waals surface area contributed by atoms with E-state index in [1.807, 2.05) is 36.4 Å². The summed E-state index contributed by atoms with van der Waals surface area (Å²) >= 11 is 0. The molecule has 0 aromatic heterocycles. The van der Waals surface area contributed by atoms with Gasteiger partial charge in [0.25, 0.3) is 11.7 Å². The van der Waals surface area contributed by atoms with Crippen LogP contribution in [0.4, 0.5) is 0 Å². The van der Waals surface area contributed by atoms with E-state index in [0.29, 0.717) is 37.7 Å². The van der Waals surface area contributed by atoms with Gasteiger partial charge in [0.05, 0.1) is 18.2 Å². The number of hydrogen-bond acceptors (Lipinski definition) is 5. The highest BCUT2D eigenvalue weighted by molar-refractivity contribution is 6.46. The fourth-order valence-electron chi connectivity index (χ4n) is 4.56. The number of Topliss-reactive ketones (excluding diaryl/α,β-unsaturated/α-hetero) is 1. The Kier molecular flexibility index (Phi) is 6.84. The lowest BCUT2D eigenvalue weighted by Gasteiger charge is -2.26. The predicted molar refractivity (Wildman–Crippen MR) is 126 cm³/mol. The second-order valence-electron chi connectivity index (χ2n) is 8.93. The van der Waals surface area contributed by atoms with E-state index in [2.05, 4.69) is 13.8 Å². The molecule has 6 heteroatoms. The number of aliphatic hydroxyl groups is 1. The third-order valence-electron chi connectivity index (χ3n) is 6.39. The fraction of sp³-hybridized carbons (Fsp3) is 0.407. The van der Waals surface area contributed by atoms with Crippen LogP contribution in [0.15, 0.2) is 48.0 Å². The van der Waals surface area contributed by atoms with Gasteiger partial charge < -0.3 is 19.5 Å². The molecule has 0 spiro atoms. The number of carbonyl (C=O) groups excluding carboxylic acids is 2. The summed E-state index contributed by atoms with van der Waals surface area (Å²) in [5, 5.41) is 11.3. The molecule has 1 unspecified atom stereocenters. The number of carbonyl (C=O) groups is 2. The van der Waals surface area contributed by atoms with Gasteiger partial charge in [-0.05, 0) is 60.1 Å². The van der Waals surface area contributed by atoms with E-state index >= 15 is 0 Å². The minimum atomic E-state index is -0.656. The Balaban J connectivity index is 1.79. The molecule has 0 saturated carbocycles. The first kappa shape index (κ1) is 23.1. The monoisotopic (exact) mass is 449 g/mol. The molecule has 1 amide bonds. The van der Waals surface area contributed by atoms with Crippen molar-refractivity contribution in [3.05, 3.63) is 70.3 Å². The lowest BCUT2D eigenvalue weighted by atomic mass is 9.92. The summed E-state index contributed by atoms with van der Waals surface area (Å²) in [4.78, 5) is 27.7. The summed E-state index contributed by atoms with van der Waals surface area (Å²) in [6, 6.07) is 12.7. The minimum Gasteiger partial charge on any atom is -0.507 e. The van der Waals surface area contributed by atoms with Crippen LogP contribution >= 0.6 is 0 Å². The van der Waals surface area contributed by atoms with E-state index in [1.54, 1.807) is 18.1 Å². The van der Waals surface area contributed by atoms with Crippen LogP contribution in [0.25, 0.3) is 5.76 Å². The van der Waals surface area contributed by atoms with Crippen LogP contribution in [0.3, 0.4) is 0 Å². The third-order valence-corrected chi connectivity index (χ3v) is 6.39. The summed E-state index contributed by atoms with van der Waals surface area (Å²) in [7, 11) is 1.61. The molecule has 174 valence electrons. The zero-order valence-electron chi connectivity index (χ0n) is 19.5. The number of hydrogen-bond donors (Lipinski definition) is 1. The lowest BCUT2D eigenvalue weighted by molar-refractivity contribution is -0.140. The molecule has 1 fully saturated rings. The van der Waals surface area contributed by atoms with Crippen LogP contribution in [0.1, 0.15) is 60.9 Å². The van der Waals surface area contributed by atoms with Crippen molar-refractivity contribution in [2.45, 2.75) is 45.1 Å². The number of fused-ring (bicyclic) bond motifs is 1. The zero-order chi connectivity index (χ0) is 23.5. The van der Waals surface area contributed by atoms with Crippen LogP contribution in [0.2, 0.25) is 0 Å². The van der Waals surface area contributed by atoms with Gasteiger partial charge in [0, 0.05) is 25.8 Å². The summed E-state index contributed by atoms with van der Waals surface area (Å²) in [6.45, 7) is 5.76. The summed E-state index contributed by atoms with van der Waals surface area (Å²) < 4.78 is 10.8. The number of aliphatic hydroxyl groups excluding tert-OH is 1. The van der Waals surface area contributed by atoms with Crippen molar-refractivity contribution < 1.29 is 24.2 Å². The number of likely N-dealkylation sites (tertiary alicyclic amines) is 1. The van der Waals surface area contributed by atoms with Gasteiger partial charge in [0.1, 0.15) is 11.5 Å². The molecule has 1 N–H and O–H groups in total. The third kappa shape index (κ3) is 4.53. The molecular weight excluding hydrogens is 418 g/mol. The normalized spacial score (nSPS) is 19.6. The van der Waals surface area contributed by atoms with Crippen molar-refractivity contribution in [1.29, 1.82) is 0 Å². The number of methoxy groups -OCH3 is 1. The predicted octanol–water partition coefficient (Wildman–Crippen LogP) is 4.59. The average molecular weight is 450 g/mol. The van der Waals surface area contributed by atoms with Crippen molar-refractivity contribution in [3.8, 4) is 5.75 Å². The van der Waals surface area contributed by atoms with Crippen LogP contribution < -0.4 is 4.74 Å². The summed E-state index contributed by atoms with van der Waals surface area (Å²) in [5.41, 5.74) is 3.63. The van der Waals surface area contributed by atoms with Crippen molar-refractivity contribution in [2.24, 2.45) is 0 Å². The number of ether oxygens (including phenoxy) is 2. The molecular formula is C27H31NO5. The Morgan fingerprint density at radius 2 is 1.94 bits per heavy atom. The van der Waals surface area contributed by atoms with E-state index in [4.69, 9.17) is 9.47 Å². The molecule has 33 heavy (non-hydrogen) atoms. The first-order chi connectivity index (χ1) is 15.9. The molecule has 6 nitrogen and oxygen atoms in total. The molecule has 4 rings (SSSR count). The van der Waals surface area contributed by atoms with Gasteiger partial charge in [0.2, 0.25) is 0 Å². The summed E-state index contributed by atoms with van der Waals surface area (Å²) in [6.07, 6.45) is 2.35. The smallest absolute Gasteiger partial charge is 0.295 e.